The average Bonchev–Trinajstić information content (AvgIpc) is 2.71. The topological polar surface area (TPSA) is 73.9 Å². The molecule has 6 nitrogen and oxygen atoms in total. The molecule has 2 aromatic rings. The minimum absolute atomic E-state index is 0.0707. The summed E-state index contributed by atoms with van der Waals surface area (Å²) >= 11 is 0. The van der Waals surface area contributed by atoms with E-state index in [-0.39, 0.29) is 19.8 Å². The van der Waals surface area contributed by atoms with Gasteiger partial charge in [0.15, 0.2) is 12.6 Å². The molecular weight excluding hydrogens is 346 g/mol. The predicted molar refractivity (Wildman–Crippen MR) is 99.4 cm³/mol. The minimum Gasteiger partial charge on any atom is -0.451 e. The van der Waals surface area contributed by atoms with E-state index in [2.05, 4.69) is 11.2 Å². The number of alkyl carbamates (subject to hydrolysis) is 1. The van der Waals surface area contributed by atoms with Crippen molar-refractivity contribution in [1.82, 2.24) is 5.32 Å². The molecule has 0 heterocycles. The summed E-state index contributed by atoms with van der Waals surface area (Å²) in [5.74, 6) is 1.52. The Morgan fingerprint density at radius 1 is 0.926 bits per heavy atom. The number of benzene rings is 2. The fourth-order valence-electron chi connectivity index (χ4n) is 2.16. The molecule has 0 spiro atoms. The molecule has 2 aromatic carbocycles. The maximum Gasteiger partial charge on any atom is 0.408 e. The van der Waals surface area contributed by atoms with Crippen molar-refractivity contribution in [2.75, 3.05) is 13.2 Å². The van der Waals surface area contributed by atoms with Crippen LogP contribution in [-0.2, 0) is 32.2 Å². The Morgan fingerprint density at radius 3 is 2.11 bits per heavy atom. The number of rotatable bonds is 9. The summed E-state index contributed by atoms with van der Waals surface area (Å²) in [6.07, 6.45) is 4.35. The smallest absolute Gasteiger partial charge is 0.408 e. The van der Waals surface area contributed by atoms with Crippen LogP contribution < -0.4 is 5.32 Å². The number of hydrogen-bond donors (Lipinski definition) is 1. The fourth-order valence-corrected chi connectivity index (χ4v) is 2.16. The number of ether oxygens (including phenoxy) is 3. The number of esters is 1. The summed E-state index contributed by atoms with van der Waals surface area (Å²) in [6.45, 7) is 0.123. The molecule has 0 unspecified atom stereocenters. The molecule has 140 valence electrons. The zero-order valence-electron chi connectivity index (χ0n) is 14.8. The first-order chi connectivity index (χ1) is 13.2. The molecule has 0 radical (unpaired) electrons. The van der Waals surface area contributed by atoms with Crippen molar-refractivity contribution in [2.24, 2.45) is 0 Å². The van der Waals surface area contributed by atoms with Gasteiger partial charge in [-0.3, -0.25) is 0 Å². The molecule has 0 aliphatic carbocycles. The van der Waals surface area contributed by atoms with E-state index < -0.39 is 18.1 Å². The van der Waals surface area contributed by atoms with Gasteiger partial charge in [0.05, 0.1) is 13.2 Å². The molecule has 27 heavy (non-hydrogen) atoms. The van der Waals surface area contributed by atoms with E-state index in [9.17, 15) is 9.59 Å². The fraction of sp³-hybridized carbons (Fsp3) is 0.238. The van der Waals surface area contributed by atoms with Gasteiger partial charge >= 0.3 is 12.1 Å². The Bertz CT molecular complexity index is 755. The predicted octanol–water partition coefficient (Wildman–Crippen LogP) is 2.67. The van der Waals surface area contributed by atoms with Gasteiger partial charge < -0.3 is 19.5 Å². The van der Waals surface area contributed by atoms with Crippen LogP contribution in [0, 0.1) is 12.3 Å². The standard InChI is InChI=1S/C21H21NO5/c1-2-13-26-20(23)19(16-25-14-17-9-5-3-6-10-17)22-21(24)27-15-18-11-7-4-8-12-18/h1,3-12,19H,13-16H2,(H,22,24)/t19-/m0/s1. The lowest BCUT2D eigenvalue weighted by atomic mass is 10.2. The largest absolute Gasteiger partial charge is 0.451 e. The first-order valence-corrected chi connectivity index (χ1v) is 8.38. The molecule has 2 rings (SSSR count). The Balaban J connectivity index is 1.85. The van der Waals surface area contributed by atoms with Crippen LogP contribution in [0.1, 0.15) is 11.1 Å². The molecule has 1 amide bonds. The quantitative estimate of drug-likeness (QED) is 0.545. The van der Waals surface area contributed by atoms with E-state index in [4.69, 9.17) is 20.6 Å². The van der Waals surface area contributed by atoms with Crippen LogP contribution in [0.5, 0.6) is 0 Å². The van der Waals surface area contributed by atoms with Crippen LogP contribution in [0.3, 0.4) is 0 Å². The van der Waals surface area contributed by atoms with E-state index in [1.165, 1.54) is 0 Å². The third kappa shape index (κ3) is 7.63. The first-order valence-electron chi connectivity index (χ1n) is 8.38. The van der Waals surface area contributed by atoms with Crippen LogP contribution in [0.2, 0.25) is 0 Å². The highest BCUT2D eigenvalue weighted by atomic mass is 16.6. The summed E-state index contributed by atoms with van der Waals surface area (Å²) in [5, 5.41) is 2.45. The van der Waals surface area contributed by atoms with Crippen molar-refractivity contribution in [1.29, 1.82) is 0 Å². The van der Waals surface area contributed by atoms with Crippen molar-refractivity contribution in [2.45, 2.75) is 19.3 Å². The zero-order chi connectivity index (χ0) is 19.3. The van der Waals surface area contributed by atoms with Crippen molar-refractivity contribution >= 4 is 12.1 Å². The maximum atomic E-state index is 12.1. The normalized spacial score (nSPS) is 11.1. The number of terminal acetylenes is 1. The zero-order valence-corrected chi connectivity index (χ0v) is 14.8. The molecule has 0 bridgehead atoms. The van der Waals surface area contributed by atoms with Gasteiger partial charge in [-0.1, -0.05) is 66.6 Å². The third-order valence-electron chi connectivity index (χ3n) is 3.48. The van der Waals surface area contributed by atoms with Crippen molar-refractivity contribution in [3.63, 3.8) is 0 Å². The van der Waals surface area contributed by atoms with Gasteiger partial charge in [0.2, 0.25) is 0 Å². The number of carbonyl (C=O) groups excluding carboxylic acids is 2. The summed E-state index contributed by atoms with van der Waals surface area (Å²) in [6, 6.07) is 17.6. The Morgan fingerprint density at radius 2 is 1.52 bits per heavy atom. The summed E-state index contributed by atoms with van der Waals surface area (Å²) in [7, 11) is 0. The second kappa shape index (κ2) is 11.3. The lowest BCUT2D eigenvalue weighted by molar-refractivity contribution is -0.146. The van der Waals surface area contributed by atoms with Crippen LogP contribution >= 0.6 is 0 Å². The number of hydrogen-bond acceptors (Lipinski definition) is 5. The van der Waals surface area contributed by atoms with Crippen LogP contribution in [0.15, 0.2) is 60.7 Å². The average molecular weight is 367 g/mol. The first kappa shape index (κ1) is 20.0. The monoisotopic (exact) mass is 367 g/mol. The molecule has 0 aliphatic rings. The Kier molecular flexibility index (Phi) is 8.41. The van der Waals surface area contributed by atoms with Crippen LogP contribution in [0.4, 0.5) is 4.79 Å². The molecule has 1 N–H and O–H groups in total. The summed E-state index contributed by atoms with van der Waals surface area (Å²) in [4.78, 5) is 24.1. The third-order valence-corrected chi connectivity index (χ3v) is 3.48. The molecule has 0 aromatic heterocycles. The highest BCUT2D eigenvalue weighted by Gasteiger charge is 2.23. The SMILES string of the molecule is C#CCOC(=O)[C@H](COCc1ccccc1)NC(=O)OCc1ccccc1. The molecule has 0 saturated heterocycles. The molecule has 0 aliphatic heterocycles. The molecule has 0 fully saturated rings. The Labute approximate surface area is 158 Å². The molecule has 0 saturated carbocycles. The van der Waals surface area contributed by atoms with Gasteiger partial charge in [-0.25, -0.2) is 9.59 Å². The van der Waals surface area contributed by atoms with Crippen molar-refractivity contribution < 1.29 is 23.8 Å². The van der Waals surface area contributed by atoms with E-state index >= 15 is 0 Å². The maximum absolute atomic E-state index is 12.1. The lowest BCUT2D eigenvalue weighted by Crippen LogP contribution is -2.45. The van der Waals surface area contributed by atoms with Crippen molar-refractivity contribution in [3.8, 4) is 12.3 Å². The van der Waals surface area contributed by atoms with Gasteiger partial charge in [-0.2, -0.15) is 0 Å². The Hall–Kier alpha value is -3.30. The summed E-state index contributed by atoms with van der Waals surface area (Å²) in [5.41, 5.74) is 1.78. The van der Waals surface area contributed by atoms with Crippen molar-refractivity contribution in [3.05, 3.63) is 71.8 Å². The van der Waals surface area contributed by atoms with Crippen LogP contribution in [0.25, 0.3) is 0 Å². The van der Waals surface area contributed by atoms with Crippen LogP contribution in [-0.4, -0.2) is 31.3 Å². The second-order valence-corrected chi connectivity index (χ2v) is 5.57. The van der Waals surface area contributed by atoms with E-state index in [1.54, 1.807) is 0 Å². The minimum atomic E-state index is -1.02. The van der Waals surface area contributed by atoms with Gasteiger partial charge in [0.1, 0.15) is 6.61 Å². The molecular formula is C21H21NO5. The number of amides is 1. The van der Waals surface area contributed by atoms with E-state index in [0.29, 0.717) is 6.61 Å². The lowest BCUT2D eigenvalue weighted by Gasteiger charge is -2.17. The molecule has 6 heteroatoms. The van der Waals surface area contributed by atoms with E-state index in [1.807, 2.05) is 60.7 Å². The number of nitrogens with one attached hydrogen (secondary N) is 1. The van der Waals surface area contributed by atoms with Gasteiger partial charge in [0.25, 0.3) is 0 Å². The highest BCUT2D eigenvalue weighted by Crippen LogP contribution is 2.03. The van der Waals surface area contributed by atoms with Gasteiger partial charge in [-0.15, -0.1) is 6.42 Å². The highest BCUT2D eigenvalue weighted by molar-refractivity contribution is 5.81. The van der Waals surface area contributed by atoms with Gasteiger partial charge in [-0.05, 0) is 11.1 Å². The van der Waals surface area contributed by atoms with Gasteiger partial charge in [0, 0.05) is 0 Å². The number of carbonyl (C=O) groups is 2. The van der Waals surface area contributed by atoms with E-state index in [0.717, 1.165) is 11.1 Å². The molecule has 1 atom stereocenters. The summed E-state index contributed by atoms with van der Waals surface area (Å²) < 4.78 is 15.5. The second-order valence-electron chi connectivity index (χ2n) is 5.57.